The predicted molar refractivity (Wildman–Crippen MR) is 77.9 cm³/mol. The van der Waals surface area contributed by atoms with Gasteiger partial charge < -0.3 is 5.32 Å². The summed E-state index contributed by atoms with van der Waals surface area (Å²) in [5, 5.41) is 5.16. The summed E-state index contributed by atoms with van der Waals surface area (Å²) in [6.45, 7) is 9.15. The molecule has 0 amide bonds. The van der Waals surface area contributed by atoms with Crippen LogP contribution in [0.15, 0.2) is 21.7 Å². The molecule has 0 aliphatic heterocycles. The van der Waals surface area contributed by atoms with Crippen LogP contribution in [0.2, 0.25) is 0 Å². The second-order valence-corrected chi connectivity index (χ2v) is 8.80. The van der Waals surface area contributed by atoms with Crippen molar-refractivity contribution in [2.24, 2.45) is 5.41 Å². The largest absolute Gasteiger partial charge is 0.312 e. The topological polar surface area (TPSA) is 46.2 Å². The molecule has 1 aromatic rings. The van der Waals surface area contributed by atoms with E-state index in [-0.39, 0.29) is 17.2 Å². The first-order valence-electron chi connectivity index (χ1n) is 6.27. The van der Waals surface area contributed by atoms with Crippen molar-refractivity contribution in [3.05, 3.63) is 17.5 Å². The van der Waals surface area contributed by atoms with Gasteiger partial charge in [-0.1, -0.05) is 33.8 Å². The smallest absolute Gasteiger partial charge is 0.189 e. The molecule has 1 atom stereocenters. The van der Waals surface area contributed by atoms with Crippen LogP contribution in [0.25, 0.3) is 0 Å². The van der Waals surface area contributed by atoms with Gasteiger partial charge in [-0.2, -0.15) is 0 Å². The molecule has 0 saturated heterocycles. The van der Waals surface area contributed by atoms with Crippen molar-refractivity contribution in [1.29, 1.82) is 0 Å². The van der Waals surface area contributed by atoms with E-state index < -0.39 is 9.84 Å². The Bertz CT molecular complexity index is 444. The standard InChI is InChI=1S/C13H23NO2S2/c1-5-8-14-11(13(2,3)4)10-18(15,16)12-7-6-9-17-12/h6-7,9,11,14H,5,8,10H2,1-4H3. The van der Waals surface area contributed by atoms with Crippen LogP contribution < -0.4 is 5.32 Å². The fourth-order valence-electron chi connectivity index (χ4n) is 1.68. The molecule has 1 unspecified atom stereocenters. The predicted octanol–water partition coefficient (Wildman–Crippen LogP) is 2.94. The SMILES string of the molecule is CCCNC(CS(=O)(=O)c1cccs1)C(C)(C)C. The van der Waals surface area contributed by atoms with Crippen molar-refractivity contribution in [2.75, 3.05) is 12.3 Å². The summed E-state index contributed by atoms with van der Waals surface area (Å²) in [6.07, 6.45) is 1.01. The van der Waals surface area contributed by atoms with Crippen LogP contribution >= 0.6 is 11.3 Å². The third-order valence-electron chi connectivity index (χ3n) is 2.87. The number of sulfone groups is 1. The zero-order chi connectivity index (χ0) is 13.8. The molecule has 0 saturated carbocycles. The second-order valence-electron chi connectivity index (χ2n) is 5.59. The van der Waals surface area contributed by atoms with Gasteiger partial charge in [0.15, 0.2) is 9.84 Å². The number of hydrogen-bond acceptors (Lipinski definition) is 4. The molecule has 0 radical (unpaired) electrons. The fourth-order valence-corrected chi connectivity index (χ4v) is 4.59. The van der Waals surface area contributed by atoms with E-state index in [9.17, 15) is 8.42 Å². The molecule has 1 heterocycles. The lowest BCUT2D eigenvalue weighted by atomic mass is 9.88. The highest BCUT2D eigenvalue weighted by atomic mass is 32.2. The van der Waals surface area contributed by atoms with Crippen molar-refractivity contribution in [3.8, 4) is 0 Å². The van der Waals surface area contributed by atoms with Gasteiger partial charge in [-0.25, -0.2) is 8.42 Å². The molecule has 0 fully saturated rings. The molecule has 1 aromatic heterocycles. The van der Waals surface area contributed by atoms with Gasteiger partial charge in [0.2, 0.25) is 0 Å². The summed E-state index contributed by atoms with van der Waals surface area (Å²) >= 11 is 1.29. The summed E-state index contributed by atoms with van der Waals surface area (Å²) in [5.41, 5.74) is -0.0699. The molecule has 1 N–H and O–H groups in total. The maximum atomic E-state index is 12.3. The van der Waals surface area contributed by atoms with Crippen LogP contribution in [0.5, 0.6) is 0 Å². The molecule has 3 nitrogen and oxygen atoms in total. The highest BCUT2D eigenvalue weighted by Gasteiger charge is 2.30. The van der Waals surface area contributed by atoms with Gasteiger partial charge in [-0.15, -0.1) is 11.3 Å². The first kappa shape index (κ1) is 15.7. The Hall–Kier alpha value is -0.390. The molecule has 0 aliphatic rings. The van der Waals surface area contributed by atoms with E-state index in [1.165, 1.54) is 11.3 Å². The molecule has 1 rings (SSSR count). The zero-order valence-electron chi connectivity index (χ0n) is 11.6. The van der Waals surface area contributed by atoms with E-state index in [4.69, 9.17) is 0 Å². The van der Waals surface area contributed by atoms with Gasteiger partial charge in [-0.05, 0) is 29.8 Å². The lowest BCUT2D eigenvalue weighted by molar-refractivity contribution is 0.288. The summed E-state index contributed by atoms with van der Waals surface area (Å²) in [4.78, 5) is 0. The summed E-state index contributed by atoms with van der Waals surface area (Å²) in [6, 6.07) is 3.44. The zero-order valence-corrected chi connectivity index (χ0v) is 13.2. The first-order valence-corrected chi connectivity index (χ1v) is 8.80. The summed E-state index contributed by atoms with van der Waals surface area (Å²) in [5.74, 6) is 0.164. The number of rotatable bonds is 6. The maximum Gasteiger partial charge on any atom is 0.189 e. The molecule has 104 valence electrons. The highest BCUT2D eigenvalue weighted by molar-refractivity contribution is 7.93. The Labute approximate surface area is 115 Å². The Morgan fingerprint density at radius 3 is 2.50 bits per heavy atom. The number of hydrogen-bond donors (Lipinski definition) is 1. The van der Waals surface area contributed by atoms with E-state index in [2.05, 4.69) is 33.0 Å². The van der Waals surface area contributed by atoms with Crippen molar-refractivity contribution in [2.45, 2.75) is 44.4 Å². The van der Waals surface area contributed by atoms with Crippen molar-refractivity contribution in [3.63, 3.8) is 0 Å². The Morgan fingerprint density at radius 1 is 1.39 bits per heavy atom. The first-order chi connectivity index (χ1) is 8.27. The molecule has 0 aromatic carbocycles. The van der Waals surface area contributed by atoms with Crippen molar-refractivity contribution < 1.29 is 8.42 Å². The van der Waals surface area contributed by atoms with Gasteiger partial charge in [0, 0.05) is 6.04 Å². The van der Waals surface area contributed by atoms with Crippen molar-refractivity contribution >= 4 is 21.2 Å². The van der Waals surface area contributed by atoms with Crippen LogP contribution in [0.4, 0.5) is 0 Å². The Balaban J connectivity index is 2.84. The van der Waals surface area contributed by atoms with Crippen LogP contribution in [-0.4, -0.2) is 26.8 Å². The average Bonchev–Trinajstić information content (AvgIpc) is 2.76. The minimum absolute atomic E-state index is 0.0236. The molecular weight excluding hydrogens is 266 g/mol. The van der Waals surface area contributed by atoms with Crippen LogP contribution in [0.3, 0.4) is 0 Å². The van der Waals surface area contributed by atoms with Crippen molar-refractivity contribution in [1.82, 2.24) is 5.32 Å². The van der Waals surface area contributed by atoms with E-state index in [1.54, 1.807) is 17.5 Å². The van der Waals surface area contributed by atoms with E-state index >= 15 is 0 Å². The molecular formula is C13H23NO2S2. The third-order valence-corrected chi connectivity index (χ3v) is 6.11. The number of nitrogens with one attached hydrogen (secondary N) is 1. The minimum atomic E-state index is -3.17. The minimum Gasteiger partial charge on any atom is -0.312 e. The van der Waals surface area contributed by atoms with E-state index in [0.717, 1.165) is 13.0 Å². The van der Waals surface area contributed by atoms with Crippen LogP contribution in [-0.2, 0) is 9.84 Å². The second kappa shape index (κ2) is 6.17. The maximum absolute atomic E-state index is 12.3. The van der Waals surface area contributed by atoms with Crippen LogP contribution in [0, 0.1) is 5.41 Å². The lowest BCUT2D eigenvalue weighted by Crippen LogP contribution is -2.45. The molecule has 18 heavy (non-hydrogen) atoms. The molecule has 0 spiro atoms. The monoisotopic (exact) mass is 289 g/mol. The fraction of sp³-hybridized carbons (Fsp3) is 0.692. The molecule has 0 bridgehead atoms. The normalized spacial score (nSPS) is 14.7. The summed E-state index contributed by atoms with van der Waals surface area (Å²) in [7, 11) is -3.17. The van der Waals surface area contributed by atoms with Crippen LogP contribution in [0.1, 0.15) is 34.1 Å². The Morgan fingerprint density at radius 2 is 2.06 bits per heavy atom. The quantitative estimate of drug-likeness (QED) is 0.876. The molecule has 0 aliphatic carbocycles. The third kappa shape index (κ3) is 4.37. The van der Waals surface area contributed by atoms with Gasteiger partial charge in [0.1, 0.15) is 4.21 Å². The summed E-state index contributed by atoms with van der Waals surface area (Å²) < 4.78 is 25.0. The van der Waals surface area contributed by atoms with Gasteiger partial charge in [-0.3, -0.25) is 0 Å². The highest BCUT2D eigenvalue weighted by Crippen LogP contribution is 2.25. The Kier molecular flexibility index (Phi) is 5.37. The lowest BCUT2D eigenvalue weighted by Gasteiger charge is -2.31. The van der Waals surface area contributed by atoms with Gasteiger partial charge in [0.25, 0.3) is 0 Å². The van der Waals surface area contributed by atoms with Gasteiger partial charge >= 0.3 is 0 Å². The number of thiophene rings is 1. The average molecular weight is 289 g/mol. The molecule has 5 heteroatoms. The van der Waals surface area contributed by atoms with E-state index in [1.807, 2.05) is 0 Å². The van der Waals surface area contributed by atoms with E-state index in [0.29, 0.717) is 4.21 Å². The van der Waals surface area contributed by atoms with Gasteiger partial charge in [0.05, 0.1) is 5.75 Å².